The van der Waals surface area contributed by atoms with E-state index >= 15 is 0 Å². The van der Waals surface area contributed by atoms with Crippen molar-refractivity contribution in [2.24, 2.45) is 0 Å². The second kappa shape index (κ2) is 6.01. The van der Waals surface area contributed by atoms with Crippen molar-refractivity contribution in [1.29, 1.82) is 0 Å². The molecule has 1 aliphatic rings. The van der Waals surface area contributed by atoms with E-state index in [1.54, 1.807) is 0 Å². The molecule has 1 aromatic rings. The molecule has 98 valence electrons. The van der Waals surface area contributed by atoms with Crippen LogP contribution in [-0.2, 0) is 11.2 Å². The molecule has 1 aromatic carbocycles. The molecule has 1 amide bonds. The van der Waals surface area contributed by atoms with Crippen LogP contribution in [0.2, 0.25) is 0 Å². The first-order chi connectivity index (χ1) is 8.72. The van der Waals surface area contributed by atoms with Crippen molar-refractivity contribution in [3.05, 3.63) is 35.4 Å². The van der Waals surface area contributed by atoms with Crippen LogP contribution < -0.4 is 5.32 Å². The quantitative estimate of drug-likeness (QED) is 0.785. The topological polar surface area (TPSA) is 49.3 Å². The standard InChI is InChI=1S/C15H21NO2/c1-2-3-4-9-14(18)16-15-12-8-6-5-7-11(12)10-13(15)17/h5-8,13,15,17H,2-4,9-10H2,1H3,(H,16,18)/t13-,15?/m1/s1. The number of nitrogens with one attached hydrogen (secondary N) is 1. The van der Waals surface area contributed by atoms with Gasteiger partial charge in [-0.2, -0.15) is 0 Å². The Morgan fingerprint density at radius 1 is 1.39 bits per heavy atom. The van der Waals surface area contributed by atoms with Gasteiger partial charge in [0.1, 0.15) is 0 Å². The molecule has 3 heteroatoms. The fourth-order valence-electron chi connectivity index (χ4n) is 2.53. The average molecular weight is 247 g/mol. The predicted molar refractivity (Wildman–Crippen MR) is 71.2 cm³/mol. The van der Waals surface area contributed by atoms with Crippen LogP contribution in [0.15, 0.2) is 24.3 Å². The highest BCUT2D eigenvalue weighted by atomic mass is 16.3. The van der Waals surface area contributed by atoms with Gasteiger partial charge < -0.3 is 10.4 Å². The molecular weight excluding hydrogens is 226 g/mol. The van der Waals surface area contributed by atoms with E-state index in [0.29, 0.717) is 12.8 Å². The number of carbonyl (C=O) groups excluding carboxylic acids is 1. The van der Waals surface area contributed by atoms with E-state index in [1.165, 1.54) is 0 Å². The summed E-state index contributed by atoms with van der Waals surface area (Å²) in [5.74, 6) is 0.0456. The lowest BCUT2D eigenvalue weighted by molar-refractivity contribution is -0.122. The molecule has 0 spiro atoms. The van der Waals surface area contributed by atoms with Crippen LogP contribution in [0.5, 0.6) is 0 Å². The third kappa shape index (κ3) is 2.91. The van der Waals surface area contributed by atoms with Crippen molar-refractivity contribution in [2.45, 2.75) is 51.2 Å². The number of hydrogen-bond donors (Lipinski definition) is 2. The molecule has 2 N–H and O–H groups in total. The van der Waals surface area contributed by atoms with Gasteiger partial charge in [0.25, 0.3) is 0 Å². The van der Waals surface area contributed by atoms with Crippen LogP contribution >= 0.6 is 0 Å². The fraction of sp³-hybridized carbons (Fsp3) is 0.533. The Kier molecular flexibility index (Phi) is 4.37. The maximum Gasteiger partial charge on any atom is 0.220 e. The predicted octanol–water partition coefficient (Wildman–Crippen LogP) is 2.34. The summed E-state index contributed by atoms with van der Waals surface area (Å²) in [6, 6.07) is 7.70. The zero-order valence-electron chi connectivity index (χ0n) is 10.9. The average Bonchev–Trinajstić information content (AvgIpc) is 2.67. The second-order valence-electron chi connectivity index (χ2n) is 4.97. The van der Waals surface area contributed by atoms with E-state index in [2.05, 4.69) is 12.2 Å². The molecule has 0 saturated heterocycles. The lowest BCUT2D eigenvalue weighted by atomic mass is 10.1. The summed E-state index contributed by atoms with van der Waals surface area (Å²) in [6.07, 6.45) is 3.82. The van der Waals surface area contributed by atoms with E-state index in [-0.39, 0.29) is 11.9 Å². The SMILES string of the molecule is CCCCCC(=O)NC1c2ccccc2C[C@H]1O. The van der Waals surface area contributed by atoms with Crippen LogP contribution in [0.25, 0.3) is 0 Å². The van der Waals surface area contributed by atoms with E-state index in [4.69, 9.17) is 0 Å². The molecule has 2 atom stereocenters. The van der Waals surface area contributed by atoms with Crippen LogP contribution in [0.4, 0.5) is 0 Å². The number of fused-ring (bicyclic) bond motifs is 1. The summed E-state index contributed by atoms with van der Waals surface area (Å²) in [7, 11) is 0. The summed E-state index contributed by atoms with van der Waals surface area (Å²) in [6.45, 7) is 2.12. The fourth-order valence-corrected chi connectivity index (χ4v) is 2.53. The lowest BCUT2D eigenvalue weighted by Gasteiger charge is -2.17. The number of rotatable bonds is 5. The van der Waals surface area contributed by atoms with Gasteiger partial charge in [-0.25, -0.2) is 0 Å². The first-order valence-corrected chi connectivity index (χ1v) is 6.77. The van der Waals surface area contributed by atoms with Gasteiger partial charge in [-0.05, 0) is 17.5 Å². The van der Waals surface area contributed by atoms with E-state index in [0.717, 1.165) is 30.4 Å². The van der Waals surface area contributed by atoms with Gasteiger partial charge in [0.15, 0.2) is 0 Å². The maximum absolute atomic E-state index is 11.8. The van der Waals surface area contributed by atoms with Crippen LogP contribution in [0.3, 0.4) is 0 Å². The number of carbonyl (C=O) groups is 1. The Hall–Kier alpha value is -1.35. The summed E-state index contributed by atoms with van der Waals surface area (Å²) in [5, 5.41) is 13.0. The molecule has 0 bridgehead atoms. The van der Waals surface area contributed by atoms with Gasteiger partial charge in [0, 0.05) is 12.8 Å². The van der Waals surface area contributed by atoms with Gasteiger partial charge >= 0.3 is 0 Å². The number of benzene rings is 1. The number of unbranched alkanes of at least 4 members (excludes halogenated alkanes) is 2. The van der Waals surface area contributed by atoms with Crippen molar-refractivity contribution in [3.63, 3.8) is 0 Å². The van der Waals surface area contributed by atoms with E-state index in [9.17, 15) is 9.90 Å². The molecule has 0 saturated carbocycles. The third-order valence-electron chi connectivity index (χ3n) is 3.53. The van der Waals surface area contributed by atoms with Gasteiger partial charge in [-0.1, -0.05) is 44.0 Å². The summed E-state index contributed by atoms with van der Waals surface area (Å²) >= 11 is 0. The van der Waals surface area contributed by atoms with Crippen molar-refractivity contribution < 1.29 is 9.90 Å². The molecule has 0 heterocycles. The minimum Gasteiger partial charge on any atom is -0.390 e. The van der Waals surface area contributed by atoms with Crippen LogP contribution in [-0.4, -0.2) is 17.1 Å². The van der Waals surface area contributed by atoms with Crippen molar-refractivity contribution in [2.75, 3.05) is 0 Å². The highest BCUT2D eigenvalue weighted by molar-refractivity contribution is 5.76. The number of aliphatic hydroxyl groups excluding tert-OH is 1. The molecule has 1 unspecified atom stereocenters. The smallest absolute Gasteiger partial charge is 0.220 e. The normalized spacial score (nSPS) is 21.7. The van der Waals surface area contributed by atoms with Crippen molar-refractivity contribution in [3.8, 4) is 0 Å². The molecular formula is C15H21NO2. The van der Waals surface area contributed by atoms with Crippen molar-refractivity contribution in [1.82, 2.24) is 5.32 Å². The highest BCUT2D eigenvalue weighted by Gasteiger charge is 2.31. The lowest BCUT2D eigenvalue weighted by Crippen LogP contribution is -2.33. The zero-order chi connectivity index (χ0) is 13.0. The van der Waals surface area contributed by atoms with E-state index in [1.807, 2.05) is 24.3 Å². The van der Waals surface area contributed by atoms with Gasteiger partial charge in [-0.3, -0.25) is 4.79 Å². The van der Waals surface area contributed by atoms with Gasteiger partial charge in [0.2, 0.25) is 5.91 Å². The minimum atomic E-state index is -0.488. The monoisotopic (exact) mass is 247 g/mol. The van der Waals surface area contributed by atoms with Crippen LogP contribution in [0.1, 0.15) is 49.8 Å². The summed E-state index contributed by atoms with van der Waals surface area (Å²) in [5.41, 5.74) is 2.21. The first-order valence-electron chi connectivity index (χ1n) is 6.77. The molecule has 0 aromatic heterocycles. The Bertz CT molecular complexity index is 417. The van der Waals surface area contributed by atoms with Gasteiger partial charge in [-0.15, -0.1) is 0 Å². The first kappa shape index (κ1) is 13.1. The molecule has 0 aliphatic heterocycles. The molecule has 18 heavy (non-hydrogen) atoms. The second-order valence-corrected chi connectivity index (χ2v) is 4.97. The zero-order valence-corrected chi connectivity index (χ0v) is 10.9. The molecule has 0 radical (unpaired) electrons. The number of amides is 1. The molecule has 1 aliphatic carbocycles. The van der Waals surface area contributed by atoms with Crippen LogP contribution in [0, 0.1) is 0 Å². The number of hydrogen-bond acceptors (Lipinski definition) is 2. The Balaban J connectivity index is 1.95. The summed E-state index contributed by atoms with van der Waals surface area (Å²) < 4.78 is 0. The molecule has 3 nitrogen and oxygen atoms in total. The third-order valence-corrected chi connectivity index (χ3v) is 3.53. The number of aliphatic hydroxyl groups is 1. The minimum absolute atomic E-state index is 0.0456. The Morgan fingerprint density at radius 3 is 2.94 bits per heavy atom. The largest absolute Gasteiger partial charge is 0.390 e. The van der Waals surface area contributed by atoms with E-state index < -0.39 is 6.10 Å². The van der Waals surface area contributed by atoms with Gasteiger partial charge in [0.05, 0.1) is 12.1 Å². The Labute approximate surface area is 108 Å². The van der Waals surface area contributed by atoms with Crippen molar-refractivity contribution >= 4 is 5.91 Å². The molecule has 0 fully saturated rings. The Morgan fingerprint density at radius 2 is 2.17 bits per heavy atom. The highest BCUT2D eigenvalue weighted by Crippen LogP contribution is 2.31. The summed E-state index contributed by atoms with van der Waals surface area (Å²) in [4.78, 5) is 11.8. The molecule has 2 rings (SSSR count). The maximum atomic E-state index is 11.8.